The monoisotopic (exact) mass is 619 g/mol. The molecule has 0 unspecified atom stereocenters. The van der Waals surface area contributed by atoms with Crippen LogP contribution >= 0.6 is 0 Å². The Labute approximate surface area is 269 Å². The summed E-state index contributed by atoms with van der Waals surface area (Å²) in [4.78, 5) is 57.4. The van der Waals surface area contributed by atoms with Gasteiger partial charge in [-0.1, -0.05) is 142 Å². The lowest BCUT2D eigenvalue weighted by molar-refractivity contribution is -0.154. The highest BCUT2D eigenvalue weighted by molar-refractivity contribution is 6.00. The Morgan fingerprint density at radius 1 is 0.341 bits per heavy atom. The largest absolute Gasteiger partial charge is 0.284 e. The van der Waals surface area contributed by atoms with E-state index in [2.05, 4.69) is 13.8 Å². The zero-order valence-electron chi connectivity index (χ0n) is 28.6. The molecule has 2 heterocycles. The smallest absolute Gasteiger partial charge is 0.243 e. The van der Waals surface area contributed by atoms with Gasteiger partial charge in [-0.2, -0.15) is 0 Å². The number of unbranched alkanes of at least 4 members (excludes halogenated alkanes) is 20. The summed E-state index contributed by atoms with van der Waals surface area (Å²) in [5.74, 6) is -0.510. The zero-order chi connectivity index (χ0) is 31.8. The average molecular weight is 619 g/mol. The van der Waals surface area contributed by atoms with E-state index in [0.29, 0.717) is 26.2 Å². The molecule has 0 aromatic heterocycles. The summed E-state index contributed by atoms with van der Waals surface area (Å²) in [6.07, 6.45) is 27.3. The van der Waals surface area contributed by atoms with E-state index in [-0.39, 0.29) is 49.8 Å². The summed E-state index contributed by atoms with van der Waals surface area (Å²) < 4.78 is 0. The van der Waals surface area contributed by atoms with E-state index in [4.69, 9.17) is 0 Å². The van der Waals surface area contributed by atoms with Crippen LogP contribution in [0.15, 0.2) is 0 Å². The number of piperazine rings is 2. The van der Waals surface area contributed by atoms with Gasteiger partial charge in [0.05, 0.1) is 26.2 Å². The number of nitrogens with zero attached hydrogens (tertiary/aromatic N) is 4. The molecule has 2 aliphatic rings. The van der Waals surface area contributed by atoms with Crippen LogP contribution in [0.2, 0.25) is 0 Å². The molecule has 0 saturated carbocycles. The van der Waals surface area contributed by atoms with Gasteiger partial charge in [0, 0.05) is 26.2 Å². The van der Waals surface area contributed by atoms with Crippen molar-refractivity contribution in [2.75, 3.05) is 52.4 Å². The fraction of sp³-hybridized carbons (Fsp3) is 0.889. The first-order valence-electron chi connectivity index (χ1n) is 18.6. The normalized spacial score (nSPS) is 17.0. The van der Waals surface area contributed by atoms with Crippen LogP contribution < -0.4 is 0 Å². The van der Waals surface area contributed by atoms with E-state index < -0.39 is 0 Å². The summed E-state index contributed by atoms with van der Waals surface area (Å²) in [6, 6.07) is 0. The van der Waals surface area contributed by atoms with Gasteiger partial charge in [-0.15, -0.1) is 0 Å². The molecule has 2 saturated heterocycles. The van der Waals surface area contributed by atoms with E-state index in [1.807, 2.05) is 9.80 Å². The third-order valence-electron chi connectivity index (χ3n) is 9.34. The molecule has 0 aromatic carbocycles. The Morgan fingerprint density at radius 3 is 0.818 bits per heavy atom. The lowest BCUT2D eigenvalue weighted by Gasteiger charge is -2.36. The number of hydrogen-bond donors (Lipinski definition) is 0. The second-order valence-electron chi connectivity index (χ2n) is 13.4. The van der Waals surface area contributed by atoms with Crippen LogP contribution in [-0.4, -0.2) is 95.6 Å². The first kappa shape index (κ1) is 38.4. The summed E-state index contributed by atoms with van der Waals surface area (Å²) in [7, 11) is 0. The molecule has 0 bridgehead atoms. The summed E-state index contributed by atoms with van der Waals surface area (Å²) >= 11 is 0. The molecule has 0 aliphatic carbocycles. The molecule has 44 heavy (non-hydrogen) atoms. The van der Waals surface area contributed by atoms with Gasteiger partial charge < -0.3 is 0 Å². The Morgan fingerprint density at radius 2 is 0.568 bits per heavy atom. The van der Waals surface area contributed by atoms with Crippen molar-refractivity contribution in [3.63, 3.8) is 0 Å². The van der Waals surface area contributed by atoms with Crippen molar-refractivity contribution in [3.8, 4) is 0 Å². The number of rotatable bonds is 27. The molecule has 2 rings (SSSR count). The first-order valence-corrected chi connectivity index (χ1v) is 18.6. The molecule has 2 aliphatic heterocycles. The van der Waals surface area contributed by atoms with Crippen LogP contribution in [0.25, 0.3) is 0 Å². The van der Waals surface area contributed by atoms with Crippen LogP contribution in [0.1, 0.15) is 155 Å². The maximum absolute atomic E-state index is 12.7. The minimum atomic E-state index is -0.128. The number of amides is 4. The first-order chi connectivity index (χ1) is 21.5. The third-order valence-corrected chi connectivity index (χ3v) is 9.34. The van der Waals surface area contributed by atoms with Crippen molar-refractivity contribution in [3.05, 3.63) is 0 Å². The Kier molecular flexibility index (Phi) is 21.3. The number of imide groups is 2. The molecule has 0 atom stereocenters. The zero-order valence-corrected chi connectivity index (χ0v) is 28.6. The van der Waals surface area contributed by atoms with Gasteiger partial charge in [-0.3, -0.25) is 38.8 Å². The van der Waals surface area contributed by atoms with E-state index in [1.54, 1.807) is 0 Å². The second kappa shape index (κ2) is 24.4. The summed E-state index contributed by atoms with van der Waals surface area (Å²) in [5.41, 5.74) is 0. The van der Waals surface area contributed by atoms with Gasteiger partial charge in [0.15, 0.2) is 0 Å². The molecule has 0 N–H and O–H groups in total. The number of carbonyl (C=O) groups is 4. The molecule has 8 heteroatoms. The highest BCUT2D eigenvalue weighted by Gasteiger charge is 2.33. The van der Waals surface area contributed by atoms with Crippen molar-refractivity contribution in [1.29, 1.82) is 0 Å². The summed E-state index contributed by atoms with van der Waals surface area (Å²) in [6.45, 7) is 7.45. The van der Waals surface area contributed by atoms with Gasteiger partial charge in [-0.25, -0.2) is 0 Å². The second-order valence-corrected chi connectivity index (χ2v) is 13.4. The molecule has 0 aromatic rings. The van der Waals surface area contributed by atoms with Crippen molar-refractivity contribution < 1.29 is 19.2 Å². The van der Waals surface area contributed by atoms with Gasteiger partial charge in [0.2, 0.25) is 23.6 Å². The lowest BCUT2D eigenvalue weighted by atomic mass is 10.1. The minimum absolute atomic E-state index is 0.128. The number of carbonyl (C=O) groups excluding carboxylic acids is 4. The molecule has 0 radical (unpaired) electrons. The standard InChI is InChI=1S/C36H66N4O4/c1-3-5-7-9-11-13-15-17-19-21-23-25-39-33(41)29-37(30-34(39)42)27-28-38-31-35(43)40(36(44)32-38)26-24-22-20-18-16-14-12-10-8-6-4-2/h3-32H2,1-2H3. The van der Waals surface area contributed by atoms with Crippen LogP contribution in [0.4, 0.5) is 0 Å². The van der Waals surface area contributed by atoms with Crippen LogP contribution in [0, 0.1) is 0 Å². The van der Waals surface area contributed by atoms with Crippen LogP contribution in [-0.2, 0) is 19.2 Å². The number of hydrogen-bond acceptors (Lipinski definition) is 6. The highest BCUT2D eigenvalue weighted by atomic mass is 16.2. The van der Waals surface area contributed by atoms with Gasteiger partial charge in [0.1, 0.15) is 0 Å². The van der Waals surface area contributed by atoms with Crippen molar-refractivity contribution in [2.45, 2.75) is 155 Å². The molecular formula is C36H66N4O4. The third kappa shape index (κ3) is 16.5. The topological polar surface area (TPSA) is 81.2 Å². The maximum atomic E-state index is 12.7. The van der Waals surface area contributed by atoms with Crippen molar-refractivity contribution >= 4 is 23.6 Å². The quantitative estimate of drug-likeness (QED) is 0.0732. The lowest BCUT2D eigenvalue weighted by Crippen LogP contribution is -2.57. The van der Waals surface area contributed by atoms with Crippen molar-refractivity contribution in [2.24, 2.45) is 0 Å². The van der Waals surface area contributed by atoms with Crippen LogP contribution in [0.3, 0.4) is 0 Å². The Bertz CT molecular complexity index is 718. The predicted molar refractivity (Wildman–Crippen MR) is 179 cm³/mol. The Hall–Kier alpha value is -1.80. The van der Waals surface area contributed by atoms with Gasteiger partial charge >= 0.3 is 0 Å². The van der Waals surface area contributed by atoms with Gasteiger partial charge in [0.25, 0.3) is 0 Å². The highest BCUT2D eigenvalue weighted by Crippen LogP contribution is 2.15. The maximum Gasteiger partial charge on any atom is 0.243 e. The fourth-order valence-corrected chi connectivity index (χ4v) is 6.46. The van der Waals surface area contributed by atoms with Gasteiger partial charge in [-0.05, 0) is 12.8 Å². The molecule has 8 nitrogen and oxygen atoms in total. The van der Waals surface area contributed by atoms with E-state index in [1.165, 1.54) is 125 Å². The SMILES string of the molecule is CCCCCCCCCCCCCN1C(=O)CN(CCN2CC(=O)N(CCCCCCCCCCCCC)C(=O)C2)CC1=O. The van der Waals surface area contributed by atoms with Crippen LogP contribution in [0.5, 0.6) is 0 Å². The van der Waals surface area contributed by atoms with E-state index in [9.17, 15) is 19.2 Å². The molecule has 4 amide bonds. The molecule has 0 spiro atoms. The summed E-state index contributed by atoms with van der Waals surface area (Å²) in [5, 5.41) is 0. The Balaban J connectivity index is 1.52. The minimum Gasteiger partial charge on any atom is -0.284 e. The average Bonchev–Trinajstić information content (AvgIpc) is 2.99. The molecule has 254 valence electrons. The van der Waals surface area contributed by atoms with E-state index >= 15 is 0 Å². The van der Waals surface area contributed by atoms with Crippen molar-refractivity contribution in [1.82, 2.24) is 19.6 Å². The molecule has 2 fully saturated rings. The fourth-order valence-electron chi connectivity index (χ4n) is 6.46. The van der Waals surface area contributed by atoms with E-state index in [0.717, 1.165) is 25.7 Å². The molecular weight excluding hydrogens is 552 g/mol. The predicted octanol–water partition coefficient (Wildman–Crippen LogP) is 6.95.